The number of ether oxygens (including phenoxy) is 2. The largest absolute Gasteiger partial charge is 0.504 e. The third-order valence-corrected chi connectivity index (χ3v) is 4.34. The maximum atomic E-state index is 12.1. The first kappa shape index (κ1) is 18.5. The molecule has 0 bridgehead atoms. The Labute approximate surface area is 143 Å². The quantitative estimate of drug-likeness (QED) is 0.708. The lowest BCUT2D eigenvalue weighted by Crippen LogP contribution is -2.41. The van der Waals surface area contributed by atoms with Gasteiger partial charge < -0.3 is 19.9 Å². The minimum atomic E-state index is 0.0708. The van der Waals surface area contributed by atoms with Crippen molar-refractivity contribution >= 4 is 5.91 Å². The van der Waals surface area contributed by atoms with Crippen molar-refractivity contribution in [1.82, 2.24) is 10.2 Å². The highest BCUT2D eigenvalue weighted by Crippen LogP contribution is 2.31. The zero-order chi connectivity index (χ0) is 17.4. The topological polar surface area (TPSA) is 71.0 Å². The first-order valence-electron chi connectivity index (χ1n) is 8.58. The number of nitrogens with one attached hydrogen (secondary N) is 1. The lowest BCUT2D eigenvalue weighted by atomic mass is 9.95. The van der Waals surface area contributed by atoms with E-state index in [0.717, 1.165) is 31.5 Å². The average molecular weight is 336 g/mol. The van der Waals surface area contributed by atoms with Crippen LogP contribution in [0.25, 0.3) is 0 Å². The van der Waals surface area contributed by atoms with Crippen LogP contribution in [0.5, 0.6) is 11.5 Å². The van der Waals surface area contributed by atoms with Gasteiger partial charge in [-0.3, -0.25) is 9.69 Å². The summed E-state index contributed by atoms with van der Waals surface area (Å²) in [5, 5.41) is 13.2. The second kappa shape index (κ2) is 9.49. The molecule has 6 heteroatoms. The molecule has 1 fully saturated rings. The molecule has 0 atom stereocenters. The van der Waals surface area contributed by atoms with Gasteiger partial charge in [0.2, 0.25) is 5.91 Å². The molecular formula is C18H28N2O4. The van der Waals surface area contributed by atoms with Crippen LogP contribution < -0.4 is 10.1 Å². The lowest BCUT2D eigenvalue weighted by Gasteiger charge is -2.31. The monoisotopic (exact) mass is 336 g/mol. The molecule has 6 nitrogen and oxygen atoms in total. The van der Waals surface area contributed by atoms with Crippen molar-refractivity contribution in [3.05, 3.63) is 23.8 Å². The molecule has 0 spiro atoms. The Kier molecular flexibility index (Phi) is 7.34. The SMILES string of the molecule is CCOc1cccc(CN2CCC(C(=O)NCCOC)CC2)c1O. The van der Waals surface area contributed by atoms with Gasteiger partial charge in [-0.25, -0.2) is 0 Å². The average Bonchev–Trinajstić information content (AvgIpc) is 2.59. The molecule has 1 saturated heterocycles. The molecule has 24 heavy (non-hydrogen) atoms. The molecular weight excluding hydrogens is 308 g/mol. The summed E-state index contributed by atoms with van der Waals surface area (Å²) >= 11 is 0. The highest BCUT2D eigenvalue weighted by molar-refractivity contribution is 5.78. The zero-order valence-corrected chi connectivity index (χ0v) is 14.6. The Balaban J connectivity index is 1.83. The van der Waals surface area contributed by atoms with Crippen LogP contribution in [0.15, 0.2) is 18.2 Å². The van der Waals surface area contributed by atoms with Gasteiger partial charge >= 0.3 is 0 Å². The van der Waals surface area contributed by atoms with E-state index in [1.54, 1.807) is 13.2 Å². The molecule has 0 aromatic heterocycles. The molecule has 1 aliphatic heterocycles. The van der Waals surface area contributed by atoms with Crippen molar-refractivity contribution in [3.8, 4) is 11.5 Å². The van der Waals surface area contributed by atoms with Gasteiger partial charge in [0.15, 0.2) is 11.5 Å². The van der Waals surface area contributed by atoms with Gasteiger partial charge in [0.05, 0.1) is 13.2 Å². The van der Waals surface area contributed by atoms with Crippen LogP contribution in [0.2, 0.25) is 0 Å². The summed E-state index contributed by atoms with van der Waals surface area (Å²) in [6.07, 6.45) is 1.68. The molecule has 1 aromatic rings. The van der Waals surface area contributed by atoms with Crippen LogP contribution in [0, 0.1) is 5.92 Å². The van der Waals surface area contributed by atoms with Gasteiger partial charge in [0.25, 0.3) is 0 Å². The Bertz CT molecular complexity index is 528. The second-order valence-corrected chi connectivity index (χ2v) is 6.03. The lowest BCUT2D eigenvalue weighted by molar-refractivity contribution is -0.126. The minimum absolute atomic E-state index is 0.0708. The van der Waals surface area contributed by atoms with Gasteiger partial charge in [-0.05, 0) is 38.9 Å². The van der Waals surface area contributed by atoms with Crippen LogP contribution >= 0.6 is 0 Å². The Morgan fingerprint density at radius 3 is 2.79 bits per heavy atom. The van der Waals surface area contributed by atoms with E-state index >= 15 is 0 Å². The highest BCUT2D eigenvalue weighted by atomic mass is 16.5. The number of aromatic hydroxyl groups is 1. The van der Waals surface area contributed by atoms with Crippen LogP contribution in [0.1, 0.15) is 25.3 Å². The predicted molar refractivity (Wildman–Crippen MR) is 92.2 cm³/mol. The normalized spacial score (nSPS) is 16.1. The maximum absolute atomic E-state index is 12.1. The number of amides is 1. The summed E-state index contributed by atoms with van der Waals surface area (Å²) < 4.78 is 10.4. The smallest absolute Gasteiger partial charge is 0.223 e. The van der Waals surface area contributed by atoms with Crippen molar-refractivity contribution < 1.29 is 19.4 Å². The number of hydrogen-bond donors (Lipinski definition) is 2. The van der Waals surface area contributed by atoms with E-state index in [1.165, 1.54) is 0 Å². The number of para-hydroxylation sites is 1. The summed E-state index contributed by atoms with van der Waals surface area (Å²) in [4.78, 5) is 14.3. The van der Waals surface area contributed by atoms with E-state index in [-0.39, 0.29) is 17.6 Å². The number of piperidine rings is 1. The number of nitrogens with zero attached hydrogens (tertiary/aromatic N) is 1. The minimum Gasteiger partial charge on any atom is -0.504 e. The number of carbonyl (C=O) groups is 1. The Morgan fingerprint density at radius 2 is 2.12 bits per heavy atom. The maximum Gasteiger partial charge on any atom is 0.223 e. The number of methoxy groups -OCH3 is 1. The van der Waals surface area contributed by atoms with Crippen LogP contribution in [-0.4, -0.2) is 55.9 Å². The van der Waals surface area contributed by atoms with E-state index in [9.17, 15) is 9.90 Å². The summed E-state index contributed by atoms with van der Waals surface area (Å²) in [6.45, 7) is 5.90. The molecule has 2 N–H and O–H groups in total. The molecule has 0 radical (unpaired) electrons. The van der Waals surface area contributed by atoms with Gasteiger partial charge in [0, 0.05) is 31.7 Å². The number of benzene rings is 1. The van der Waals surface area contributed by atoms with Gasteiger partial charge in [-0.1, -0.05) is 12.1 Å². The molecule has 0 saturated carbocycles. The first-order chi connectivity index (χ1) is 11.7. The summed E-state index contributed by atoms with van der Waals surface area (Å²) in [5.74, 6) is 0.940. The Morgan fingerprint density at radius 1 is 1.38 bits per heavy atom. The van der Waals surface area contributed by atoms with Crippen molar-refractivity contribution in [2.24, 2.45) is 5.92 Å². The molecule has 0 unspecified atom stereocenters. The van der Waals surface area contributed by atoms with Crippen molar-refractivity contribution in [1.29, 1.82) is 0 Å². The van der Waals surface area contributed by atoms with E-state index in [4.69, 9.17) is 9.47 Å². The zero-order valence-electron chi connectivity index (χ0n) is 14.6. The number of phenols is 1. The summed E-state index contributed by atoms with van der Waals surface area (Å²) in [5.41, 5.74) is 0.865. The summed E-state index contributed by atoms with van der Waals surface area (Å²) in [7, 11) is 1.63. The third kappa shape index (κ3) is 5.11. The van der Waals surface area contributed by atoms with E-state index in [0.29, 0.717) is 32.1 Å². The molecule has 134 valence electrons. The van der Waals surface area contributed by atoms with Crippen molar-refractivity contribution in [3.63, 3.8) is 0 Å². The molecule has 1 amide bonds. The third-order valence-electron chi connectivity index (χ3n) is 4.34. The van der Waals surface area contributed by atoms with Crippen molar-refractivity contribution in [2.45, 2.75) is 26.3 Å². The Hall–Kier alpha value is -1.79. The van der Waals surface area contributed by atoms with Crippen LogP contribution in [0.3, 0.4) is 0 Å². The molecule has 1 heterocycles. The fraction of sp³-hybridized carbons (Fsp3) is 0.611. The van der Waals surface area contributed by atoms with Crippen molar-refractivity contribution in [2.75, 3.05) is 40.0 Å². The summed E-state index contributed by atoms with van der Waals surface area (Å²) in [6, 6.07) is 5.59. The van der Waals surface area contributed by atoms with Gasteiger partial charge in [0.1, 0.15) is 0 Å². The van der Waals surface area contributed by atoms with Crippen LogP contribution in [-0.2, 0) is 16.1 Å². The molecule has 2 rings (SSSR count). The fourth-order valence-electron chi connectivity index (χ4n) is 2.98. The van der Waals surface area contributed by atoms with Crippen LogP contribution in [0.4, 0.5) is 0 Å². The molecule has 1 aromatic carbocycles. The molecule has 0 aliphatic carbocycles. The van der Waals surface area contributed by atoms with E-state index < -0.39 is 0 Å². The van der Waals surface area contributed by atoms with E-state index in [1.807, 2.05) is 19.1 Å². The number of hydrogen-bond acceptors (Lipinski definition) is 5. The van der Waals surface area contributed by atoms with Gasteiger partial charge in [-0.2, -0.15) is 0 Å². The highest BCUT2D eigenvalue weighted by Gasteiger charge is 2.25. The molecule has 1 aliphatic rings. The van der Waals surface area contributed by atoms with E-state index in [2.05, 4.69) is 10.2 Å². The number of rotatable bonds is 8. The van der Waals surface area contributed by atoms with Gasteiger partial charge in [-0.15, -0.1) is 0 Å². The fourth-order valence-corrected chi connectivity index (χ4v) is 2.98. The first-order valence-corrected chi connectivity index (χ1v) is 8.58. The number of likely N-dealkylation sites (tertiary alicyclic amines) is 1. The second-order valence-electron chi connectivity index (χ2n) is 6.03. The number of carbonyl (C=O) groups excluding carboxylic acids is 1. The standard InChI is InChI=1S/C18H28N2O4/c1-3-24-16-6-4-5-15(17(16)21)13-20-10-7-14(8-11-20)18(22)19-9-12-23-2/h4-6,14,21H,3,7-13H2,1-2H3,(H,19,22). The number of phenolic OH excluding ortho intramolecular Hbond substituents is 1. The predicted octanol–water partition coefficient (Wildman–Crippen LogP) is 1.77.